The van der Waals surface area contributed by atoms with Crippen molar-refractivity contribution in [3.8, 4) is 11.5 Å². The maximum atomic E-state index is 13.3. The van der Waals surface area contributed by atoms with Gasteiger partial charge in [0, 0.05) is 55.8 Å². The van der Waals surface area contributed by atoms with Gasteiger partial charge in [0.15, 0.2) is 11.5 Å². The van der Waals surface area contributed by atoms with Crippen molar-refractivity contribution >= 4 is 62.3 Å². The zero-order valence-electron chi connectivity index (χ0n) is 16.9. The Hall–Kier alpha value is -0.640. The average Bonchev–Trinajstić information content (AvgIpc) is 2.72. The van der Waals surface area contributed by atoms with Crippen LogP contribution in [-0.2, 0) is 21.2 Å². The number of hydrogen-bond donors (Lipinski definition) is 0. The molecule has 7 nitrogen and oxygen atoms in total. The molecule has 0 bridgehead atoms. The Morgan fingerprint density at radius 1 is 0.867 bits per heavy atom. The van der Waals surface area contributed by atoms with Gasteiger partial charge in [0.25, 0.3) is 0 Å². The Morgan fingerprint density at radius 3 is 1.77 bits per heavy atom. The van der Waals surface area contributed by atoms with E-state index < -0.39 is 10.0 Å². The highest BCUT2D eigenvalue weighted by Gasteiger charge is 2.29. The van der Waals surface area contributed by atoms with Gasteiger partial charge in [0.1, 0.15) is 0 Å². The van der Waals surface area contributed by atoms with E-state index in [-0.39, 0.29) is 65.1 Å². The number of nitrogens with zero attached hydrogens (tertiary/aromatic N) is 2. The maximum Gasteiger partial charge on any atom is 0.243 e. The molecule has 0 heterocycles. The minimum atomic E-state index is -4.00. The molecule has 0 unspecified atom stereocenters. The summed E-state index contributed by atoms with van der Waals surface area (Å²) in [4.78, 5) is 14.3. The predicted octanol–water partition coefficient (Wildman–Crippen LogP) is 3.02. The fourth-order valence-electron chi connectivity index (χ4n) is 2.80. The summed E-state index contributed by atoms with van der Waals surface area (Å²) in [6, 6.07) is 2.84. The van der Waals surface area contributed by atoms with Crippen LogP contribution in [0.5, 0.6) is 11.5 Å². The van der Waals surface area contributed by atoms with Crippen LogP contribution in [0, 0.1) is 0 Å². The molecule has 1 amide bonds. The minimum Gasteiger partial charge on any atom is -0.493 e. The second kappa shape index (κ2) is 13.7. The summed E-state index contributed by atoms with van der Waals surface area (Å²) in [6.45, 7) is 0.742. The van der Waals surface area contributed by atoms with Gasteiger partial charge < -0.3 is 14.4 Å². The number of hydrogen-bond acceptors (Lipinski definition) is 5. The third-order valence-electron chi connectivity index (χ3n) is 4.26. The van der Waals surface area contributed by atoms with Gasteiger partial charge in [-0.1, -0.05) is 0 Å². The molecule has 0 aliphatic carbocycles. The number of alkyl halides is 4. The second-order valence-electron chi connectivity index (χ2n) is 6.03. The third-order valence-corrected chi connectivity index (χ3v) is 6.91. The molecule has 1 aromatic rings. The van der Waals surface area contributed by atoms with Crippen LogP contribution in [0.1, 0.15) is 5.56 Å². The van der Waals surface area contributed by atoms with E-state index in [0.29, 0.717) is 18.8 Å². The van der Waals surface area contributed by atoms with E-state index in [0.717, 1.165) is 0 Å². The van der Waals surface area contributed by atoms with E-state index >= 15 is 0 Å². The third kappa shape index (κ3) is 7.21. The van der Waals surface area contributed by atoms with Crippen molar-refractivity contribution in [3.63, 3.8) is 0 Å². The Balaban J connectivity index is 3.51. The van der Waals surface area contributed by atoms with Crippen molar-refractivity contribution in [2.24, 2.45) is 0 Å². The number of carbonyl (C=O) groups excluding carboxylic acids is 1. The molecule has 0 N–H and O–H groups in total. The first kappa shape index (κ1) is 27.4. The van der Waals surface area contributed by atoms with Crippen LogP contribution in [-0.4, -0.2) is 87.4 Å². The number of sulfonamides is 1. The SMILES string of the molecule is COc1cc(CC(=O)N(CCCl)CCCl)c(S(=O)(=O)N(CCCl)CCCl)cc1OC. The zero-order chi connectivity index (χ0) is 22.7. The summed E-state index contributed by atoms with van der Waals surface area (Å²) in [5, 5.41) is 0. The van der Waals surface area contributed by atoms with E-state index in [2.05, 4.69) is 0 Å². The molecule has 0 saturated carbocycles. The van der Waals surface area contributed by atoms with Gasteiger partial charge in [-0.15, -0.1) is 46.4 Å². The van der Waals surface area contributed by atoms with Crippen LogP contribution in [0.15, 0.2) is 17.0 Å². The lowest BCUT2D eigenvalue weighted by Gasteiger charge is -2.24. The van der Waals surface area contributed by atoms with Crippen molar-refractivity contribution < 1.29 is 22.7 Å². The van der Waals surface area contributed by atoms with Crippen LogP contribution >= 0.6 is 46.4 Å². The molecular formula is C18H26Cl4N2O5S. The molecular weight excluding hydrogens is 498 g/mol. The molecule has 0 saturated heterocycles. The van der Waals surface area contributed by atoms with E-state index in [9.17, 15) is 13.2 Å². The number of carbonyl (C=O) groups is 1. The normalized spacial score (nSPS) is 11.6. The lowest BCUT2D eigenvalue weighted by atomic mass is 10.1. The summed E-state index contributed by atoms with van der Waals surface area (Å²) in [5.41, 5.74) is 0.265. The number of amides is 1. The molecule has 0 fully saturated rings. The number of benzene rings is 1. The van der Waals surface area contributed by atoms with Crippen LogP contribution < -0.4 is 9.47 Å². The number of rotatable bonds is 14. The monoisotopic (exact) mass is 522 g/mol. The molecule has 0 spiro atoms. The van der Waals surface area contributed by atoms with Crippen LogP contribution in [0.3, 0.4) is 0 Å². The Morgan fingerprint density at radius 2 is 1.33 bits per heavy atom. The van der Waals surface area contributed by atoms with Crippen LogP contribution in [0.25, 0.3) is 0 Å². The zero-order valence-corrected chi connectivity index (χ0v) is 20.7. The molecule has 1 aromatic carbocycles. The Bertz CT molecular complexity index is 783. The summed E-state index contributed by atoms with van der Waals surface area (Å²) < 4.78 is 38.4. The fraction of sp³-hybridized carbons (Fsp3) is 0.611. The number of ether oxygens (including phenoxy) is 2. The first-order valence-corrected chi connectivity index (χ1v) is 12.6. The molecule has 30 heavy (non-hydrogen) atoms. The highest BCUT2D eigenvalue weighted by molar-refractivity contribution is 7.89. The first-order chi connectivity index (χ1) is 14.3. The molecule has 0 aliphatic heterocycles. The lowest BCUT2D eigenvalue weighted by Crippen LogP contribution is -2.37. The molecule has 0 aliphatic rings. The topological polar surface area (TPSA) is 76.2 Å². The van der Waals surface area contributed by atoms with Crippen molar-refractivity contribution in [2.45, 2.75) is 11.3 Å². The minimum absolute atomic E-state index is 0.0690. The largest absolute Gasteiger partial charge is 0.493 e. The van der Waals surface area contributed by atoms with Gasteiger partial charge in [-0.05, 0) is 11.6 Å². The van der Waals surface area contributed by atoms with E-state index in [1.54, 1.807) is 0 Å². The molecule has 0 radical (unpaired) electrons. The van der Waals surface area contributed by atoms with Crippen molar-refractivity contribution in [1.29, 1.82) is 0 Å². The summed E-state index contributed by atoms with van der Waals surface area (Å²) in [6.07, 6.45) is -0.182. The molecule has 12 heteroatoms. The van der Waals surface area contributed by atoms with Crippen LogP contribution in [0.4, 0.5) is 0 Å². The van der Waals surface area contributed by atoms with Gasteiger partial charge in [0.2, 0.25) is 15.9 Å². The summed E-state index contributed by atoms with van der Waals surface area (Å²) in [7, 11) is -1.17. The van der Waals surface area contributed by atoms with Gasteiger partial charge in [-0.3, -0.25) is 4.79 Å². The number of halogens is 4. The standard InChI is InChI=1S/C18H26Cl4N2O5S/c1-28-15-11-14(12-18(25)23(7-3-19)8-4-20)17(13-16(15)29-2)30(26,27)24(9-5-21)10-6-22/h11,13H,3-10,12H2,1-2H3. The van der Waals surface area contributed by atoms with Crippen molar-refractivity contribution in [3.05, 3.63) is 17.7 Å². The summed E-state index contributed by atoms with van der Waals surface area (Å²) >= 11 is 23.1. The van der Waals surface area contributed by atoms with Gasteiger partial charge >= 0.3 is 0 Å². The molecule has 1 rings (SSSR count). The highest BCUT2D eigenvalue weighted by Crippen LogP contribution is 2.34. The molecule has 0 aromatic heterocycles. The maximum absolute atomic E-state index is 13.3. The highest BCUT2D eigenvalue weighted by atomic mass is 35.5. The van der Waals surface area contributed by atoms with Gasteiger partial charge in [0.05, 0.1) is 25.5 Å². The molecule has 172 valence electrons. The lowest BCUT2D eigenvalue weighted by molar-refractivity contribution is -0.130. The quantitative estimate of drug-likeness (QED) is 0.350. The van der Waals surface area contributed by atoms with Crippen molar-refractivity contribution in [2.75, 3.05) is 63.9 Å². The average molecular weight is 524 g/mol. The number of methoxy groups -OCH3 is 2. The fourth-order valence-corrected chi connectivity index (χ4v) is 5.48. The summed E-state index contributed by atoms with van der Waals surface area (Å²) in [5.74, 6) is 0.886. The van der Waals surface area contributed by atoms with Crippen LogP contribution in [0.2, 0.25) is 0 Å². The smallest absolute Gasteiger partial charge is 0.243 e. The first-order valence-electron chi connectivity index (χ1n) is 9.07. The van der Waals surface area contributed by atoms with E-state index in [4.69, 9.17) is 55.9 Å². The molecule has 0 atom stereocenters. The predicted molar refractivity (Wildman–Crippen MR) is 121 cm³/mol. The Kier molecular flexibility index (Phi) is 12.5. The van der Waals surface area contributed by atoms with E-state index in [1.165, 1.54) is 35.6 Å². The van der Waals surface area contributed by atoms with Gasteiger partial charge in [-0.2, -0.15) is 4.31 Å². The van der Waals surface area contributed by atoms with E-state index in [1.807, 2.05) is 0 Å². The van der Waals surface area contributed by atoms with Gasteiger partial charge in [-0.25, -0.2) is 8.42 Å². The van der Waals surface area contributed by atoms with Crippen molar-refractivity contribution in [1.82, 2.24) is 9.21 Å². The second-order valence-corrected chi connectivity index (χ2v) is 9.45. The Labute approximate surface area is 198 Å².